The third-order valence-electron chi connectivity index (χ3n) is 3.88. The SMILES string of the molecule is COc1cccc(C[NH+](C)CC(=O)Nc2ccc(Br)c(C)c2)c1OC. The van der Waals surface area contributed by atoms with Crippen LogP contribution in [0.1, 0.15) is 11.1 Å². The van der Waals surface area contributed by atoms with Gasteiger partial charge in [0.15, 0.2) is 18.0 Å². The summed E-state index contributed by atoms with van der Waals surface area (Å²) < 4.78 is 11.8. The fourth-order valence-corrected chi connectivity index (χ4v) is 2.93. The topological polar surface area (TPSA) is 52.0 Å². The van der Waals surface area contributed by atoms with Crippen LogP contribution in [0.4, 0.5) is 5.69 Å². The summed E-state index contributed by atoms with van der Waals surface area (Å²) in [6.07, 6.45) is 0. The number of amides is 1. The van der Waals surface area contributed by atoms with Gasteiger partial charge in [-0.25, -0.2) is 0 Å². The van der Waals surface area contributed by atoms with Crippen LogP contribution < -0.4 is 19.7 Å². The van der Waals surface area contributed by atoms with Crippen LogP contribution in [-0.2, 0) is 11.3 Å². The summed E-state index contributed by atoms with van der Waals surface area (Å²) >= 11 is 3.46. The molecule has 1 amide bonds. The lowest BCUT2D eigenvalue weighted by molar-refractivity contribution is -0.885. The van der Waals surface area contributed by atoms with Gasteiger partial charge < -0.3 is 19.7 Å². The summed E-state index contributed by atoms with van der Waals surface area (Å²) in [5, 5.41) is 2.94. The number of anilines is 1. The zero-order chi connectivity index (χ0) is 18.4. The number of quaternary nitrogens is 1. The van der Waals surface area contributed by atoms with E-state index in [9.17, 15) is 4.79 Å². The lowest BCUT2D eigenvalue weighted by atomic mass is 10.1. The van der Waals surface area contributed by atoms with Crippen molar-refractivity contribution in [1.82, 2.24) is 0 Å². The molecular weight excluding hydrogens is 384 g/mol. The molecule has 2 aromatic carbocycles. The lowest BCUT2D eigenvalue weighted by Gasteiger charge is -2.17. The van der Waals surface area contributed by atoms with E-state index in [0.29, 0.717) is 24.6 Å². The van der Waals surface area contributed by atoms with Crippen molar-refractivity contribution < 1.29 is 19.2 Å². The third-order valence-corrected chi connectivity index (χ3v) is 4.77. The molecule has 5 nitrogen and oxygen atoms in total. The van der Waals surface area contributed by atoms with Gasteiger partial charge in [0.1, 0.15) is 6.54 Å². The monoisotopic (exact) mass is 407 g/mol. The molecule has 2 N–H and O–H groups in total. The number of para-hydroxylation sites is 1. The highest BCUT2D eigenvalue weighted by molar-refractivity contribution is 9.10. The number of methoxy groups -OCH3 is 2. The molecule has 0 aromatic heterocycles. The molecule has 0 bridgehead atoms. The highest BCUT2D eigenvalue weighted by Gasteiger charge is 2.16. The van der Waals surface area contributed by atoms with E-state index in [1.165, 1.54) is 0 Å². The van der Waals surface area contributed by atoms with Crippen LogP contribution >= 0.6 is 15.9 Å². The van der Waals surface area contributed by atoms with E-state index in [1.807, 2.05) is 50.4 Å². The van der Waals surface area contributed by atoms with Gasteiger partial charge >= 0.3 is 0 Å². The molecule has 0 aliphatic carbocycles. The van der Waals surface area contributed by atoms with E-state index in [-0.39, 0.29) is 5.91 Å². The molecule has 25 heavy (non-hydrogen) atoms. The Hall–Kier alpha value is -2.05. The van der Waals surface area contributed by atoms with Crippen molar-refractivity contribution in [2.75, 3.05) is 33.1 Å². The van der Waals surface area contributed by atoms with Gasteiger partial charge in [-0.05, 0) is 42.8 Å². The molecule has 0 saturated heterocycles. The highest BCUT2D eigenvalue weighted by Crippen LogP contribution is 2.30. The van der Waals surface area contributed by atoms with Gasteiger partial charge in [-0.1, -0.05) is 22.0 Å². The molecule has 0 aliphatic heterocycles. The Morgan fingerprint density at radius 3 is 2.60 bits per heavy atom. The number of aryl methyl sites for hydroxylation is 1. The number of ether oxygens (including phenoxy) is 2. The normalized spacial score (nSPS) is 11.7. The van der Waals surface area contributed by atoms with Crippen LogP contribution in [0.25, 0.3) is 0 Å². The van der Waals surface area contributed by atoms with Crippen LogP contribution in [0.5, 0.6) is 11.5 Å². The van der Waals surface area contributed by atoms with Gasteiger partial charge in [-0.15, -0.1) is 0 Å². The largest absolute Gasteiger partial charge is 0.493 e. The van der Waals surface area contributed by atoms with Gasteiger partial charge in [0.05, 0.1) is 26.8 Å². The fourth-order valence-electron chi connectivity index (χ4n) is 2.68. The Bertz CT molecular complexity index is 749. The average Bonchev–Trinajstić information content (AvgIpc) is 2.57. The smallest absolute Gasteiger partial charge is 0.279 e. The fraction of sp³-hybridized carbons (Fsp3) is 0.316. The predicted octanol–water partition coefficient (Wildman–Crippen LogP) is 2.43. The molecule has 0 fully saturated rings. The van der Waals surface area contributed by atoms with E-state index < -0.39 is 0 Å². The lowest BCUT2D eigenvalue weighted by Crippen LogP contribution is -3.08. The molecule has 2 rings (SSSR count). The van der Waals surface area contributed by atoms with Crippen LogP contribution in [0.2, 0.25) is 0 Å². The number of rotatable bonds is 7. The van der Waals surface area contributed by atoms with Crippen molar-refractivity contribution >= 4 is 27.5 Å². The Balaban J connectivity index is 1.99. The Labute approximate surface area is 157 Å². The summed E-state index contributed by atoms with van der Waals surface area (Å²) in [4.78, 5) is 13.3. The summed E-state index contributed by atoms with van der Waals surface area (Å²) in [5.41, 5.74) is 2.89. The summed E-state index contributed by atoms with van der Waals surface area (Å²) in [7, 11) is 5.22. The number of carbonyl (C=O) groups is 1. The van der Waals surface area contributed by atoms with Gasteiger partial charge in [0, 0.05) is 10.2 Å². The maximum atomic E-state index is 12.3. The predicted molar refractivity (Wildman–Crippen MR) is 103 cm³/mol. The zero-order valence-electron chi connectivity index (χ0n) is 15.0. The molecule has 0 spiro atoms. The van der Waals surface area contributed by atoms with Crippen LogP contribution in [-0.4, -0.2) is 33.7 Å². The summed E-state index contributed by atoms with van der Waals surface area (Å²) in [5.74, 6) is 1.39. The number of halogens is 1. The van der Waals surface area contributed by atoms with E-state index in [4.69, 9.17) is 9.47 Å². The number of carbonyl (C=O) groups excluding carboxylic acids is 1. The van der Waals surface area contributed by atoms with Crippen molar-refractivity contribution in [2.45, 2.75) is 13.5 Å². The van der Waals surface area contributed by atoms with Gasteiger partial charge in [0.25, 0.3) is 5.91 Å². The number of hydrogen-bond acceptors (Lipinski definition) is 3. The zero-order valence-corrected chi connectivity index (χ0v) is 16.6. The molecule has 6 heteroatoms. The van der Waals surface area contributed by atoms with Crippen molar-refractivity contribution in [3.8, 4) is 11.5 Å². The second-order valence-corrected chi connectivity index (χ2v) is 6.83. The maximum Gasteiger partial charge on any atom is 0.279 e. The van der Waals surface area contributed by atoms with E-state index >= 15 is 0 Å². The van der Waals surface area contributed by atoms with Crippen molar-refractivity contribution in [3.05, 3.63) is 52.0 Å². The molecule has 1 atom stereocenters. The Morgan fingerprint density at radius 2 is 1.96 bits per heavy atom. The molecule has 2 aromatic rings. The maximum absolute atomic E-state index is 12.3. The highest BCUT2D eigenvalue weighted by atomic mass is 79.9. The van der Waals surface area contributed by atoms with Crippen LogP contribution in [0.3, 0.4) is 0 Å². The molecule has 0 aliphatic rings. The number of benzene rings is 2. The first kappa shape index (κ1) is 19.3. The molecule has 134 valence electrons. The molecule has 0 saturated carbocycles. The second kappa shape index (κ2) is 8.87. The summed E-state index contributed by atoms with van der Waals surface area (Å²) in [6.45, 7) is 3.01. The molecular formula is C19H24BrN2O3+. The first-order valence-corrected chi connectivity index (χ1v) is 8.81. The van der Waals surface area contributed by atoms with Crippen molar-refractivity contribution in [1.29, 1.82) is 0 Å². The Morgan fingerprint density at radius 1 is 1.20 bits per heavy atom. The van der Waals surface area contributed by atoms with Gasteiger partial charge in [-0.3, -0.25) is 4.79 Å². The number of nitrogens with one attached hydrogen (secondary N) is 2. The minimum absolute atomic E-state index is 0.0268. The first-order chi connectivity index (χ1) is 11.9. The Kier molecular flexibility index (Phi) is 6.84. The first-order valence-electron chi connectivity index (χ1n) is 8.01. The quantitative estimate of drug-likeness (QED) is 0.740. The molecule has 0 heterocycles. The van der Waals surface area contributed by atoms with E-state index in [2.05, 4.69) is 21.2 Å². The third kappa shape index (κ3) is 5.21. The standard InChI is InChI=1S/C19H23BrN2O3/c1-13-10-15(8-9-16(13)20)21-18(23)12-22(2)11-14-6-5-7-17(24-3)19(14)25-4/h5-10H,11-12H2,1-4H3,(H,21,23)/p+1. The minimum atomic E-state index is -0.0268. The number of hydrogen-bond donors (Lipinski definition) is 2. The number of likely N-dealkylation sites (N-methyl/N-ethyl adjacent to an activating group) is 1. The van der Waals surface area contributed by atoms with Gasteiger partial charge in [-0.2, -0.15) is 0 Å². The van der Waals surface area contributed by atoms with Crippen LogP contribution in [0.15, 0.2) is 40.9 Å². The average molecular weight is 408 g/mol. The molecule has 0 radical (unpaired) electrons. The van der Waals surface area contributed by atoms with Crippen molar-refractivity contribution in [3.63, 3.8) is 0 Å². The van der Waals surface area contributed by atoms with Crippen molar-refractivity contribution in [2.24, 2.45) is 0 Å². The van der Waals surface area contributed by atoms with Gasteiger partial charge in [0.2, 0.25) is 0 Å². The van der Waals surface area contributed by atoms with E-state index in [1.54, 1.807) is 14.2 Å². The second-order valence-electron chi connectivity index (χ2n) is 5.98. The van der Waals surface area contributed by atoms with Crippen LogP contribution in [0, 0.1) is 6.92 Å². The molecule has 1 unspecified atom stereocenters. The summed E-state index contributed by atoms with van der Waals surface area (Å²) in [6, 6.07) is 11.5. The van der Waals surface area contributed by atoms with E-state index in [0.717, 1.165) is 26.2 Å². The minimum Gasteiger partial charge on any atom is -0.493 e.